The van der Waals surface area contributed by atoms with Crippen LogP contribution in [0.1, 0.15) is 30.1 Å². The highest BCUT2D eigenvalue weighted by Crippen LogP contribution is 2.19. The molecule has 0 bridgehead atoms. The van der Waals surface area contributed by atoms with Crippen LogP contribution in [0.2, 0.25) is 0 Å². The number of nitrogens with one attached hydrogen (secondary N) is 1. The number of phenols is 1. The third-order valence-electron chi connectivity index (χ3n) is 4.13. The van der Waals surface area contributed by atoms with Gasteiger partial charge in [-0.3, -0.25) is 4.79 Å². The molecule has 0 atom stereocenters. The van der Waals surface area contributed by atoms with Crippen LogP contribution in [0.25, 0.3) is 0 Å². The summed E-state index contributed by atoms with van der Waals surface area (Å²) < 4.78 is 31.1. The van der Waals surface area contributed by atoms with Crippen LogP contribution in [-0.4, -0.2) is 49.9 Å². The molecular formula is C20H24N2O6S. The third-order valence-corrected chi connectivity index (χ3v) is 6.00. The van der Waals surface area contributed by atoms with E-state index in [0.29, 0.717) is 12.2 Å². The quantitative estimate of drug-likeness (QED) is 0.603. The lowest BCUT2D eigenvalue weighted by molar-refractivity contribution is -0.119. The third kappa shape index (κ3) is 6.03. The van der Waals surface area contributed by atoms with Crippen LogP contribution >= 0.6 is 0 Å². The minimum atomic E-state index is -3.59. The van der Waals surface area contributed by atoms with Gasteiger partial charge in [0.05, 0.1) is 4.90 Å². The Bertz CT molecular complexity index is 957. The molecule has 156 valence electrons. The van der Waals surface area contributed by atoms with Gasteiger partial charge in [0.25, 0.3) is 5.91 Å². The molecule has 0 saturated carbocycles. The van der Waals surface area contributed by atoms with E-state index in [0.717, 1.165) is 12.8 Å². The topological polar surface area (TPSA) is 113 Å². The zero-order valence-corrected chi connectivity index (χ0v) is 17.1. The largest absolute Gasteiger partial charge is 0.507 e. The van der Waals surface area contributed by atoms with Gasteiger partial charge in [-0.1, -0.05) is 25.5 Å². The first kappa shape index (κ1) is 22.4. The van der Waals surface area contributed by atoms with Gasteiger partial charge in [0.15, 0.2) is 6.61 Å². The molecule has 2 N–H and O–H groups in total. The molecule has 9 heteroatoms. The van der Waals surface area contributed by atoms with Crippen molar-refractivity contribution in [1.82, 2.24) is 4.31 Å². The van der Waals surface area contributed by atoms with Gasteiger partial charge in [0.2, 0.25) is 10.0 Å². The first-order valence-electron chi connectivity index (χ1n) is 9.07. The van der Waals surface area contributed by atoms with Crippen LogP contribution in [0.4, 0.5) is 5.69 Å². The number of amides is 1. The van der Waals surface area contributed by atoms with E-state index >= 15 is 0 Å². The normalized spacial score (nSPS) is 11.3. The molecule has 0 aliphatic heterocycles. The average molecular weight is 420 g/mol. The molecule has 0 radical (unpaired) electrons. The number of ether oxygens (including phenoxy) is 1. The first-order valence-corrected chi connectivity index (χ1v) is 10.5. The summed E-state index contributed by atoms with van der Waals surface area (Å²) in [5, 5.41) is 12.1. The Hall–Kier alpha value is -2.91. The van der Waals surface area contributed by atoms with Crippen LogP contribution in [0.15, 0.2) is 53.4 Å². The number of hydrogen-bond donors (Lipinski definition) is 2. The Balaban J connectivity index is 1.93. The highest BCUT2D eigenvalue weighted by molar-refractivity contribution is 7.89. The molecular weight excluding hydrogens is 396 g/mol. The van der Waals surface area contributed by atoms with E-state index in [-0.39, 0.29) is 16.2 Å². The van der Waals surface area contributed by atoms with Gasteiger partial charge in [0, 0.05) is 19.3 Å². The van der Waals surface area contributed by atoms with E-state index in [1.165, 1.54) is 47.8 Å². The lowest BCUT2D eigenvalue weighted by Gasteiger charge is -2.17. The van der Waals surface area contributed by atoms with E-state index in [4.69, 9.17) is 4.74 Å². The number of unbranched alkanes of at least 4 members (excludes halogenated alkanes) is 1. The highest BCUT2D eigenvalue weighted by atomic mass is 32.2. The standard InChI is InChI=1S/C20H24N2O6S/c1-3-4-13-22(2)29(26,27)16-11-9-15(10-12-16)21-19(24)14-28-20(25)17-7-5-6-8-18(17)23/h5-12,23H,3-4,13-14H2,1-2H3,(H,21,24). The van der Waals surface area contributed by atoms with Crippen molar-refractivity contribution < 1.29 is 27.9 Å². The number of esters is 1. The predicted octanol–water partition coefficient (Wildman–Crippen LogP) is 2.61. The predicted molar refractivity (Wildman–Crippen MR) is 108 cm³/mol. The highest BCUT2D eigenvalue weighted by Gasteiger charge is 2.20. The van der Waals surface area contributed by atoms with Gasteiger partial charge in [-0.25, -0.2) is 17.5 Å². The summed E-state index contributed by atoms with van der Waals surface area (Å²) in [7, 11) is -2.06. The number of rotatable bonds is 9. The van der Waals surface area contributed by atoms with Crippen LogP contribution in [0.5, 0.6) is 5.75 Å². The van der Waals surface area contributed by atoms with Gasteiger partial charge in [-0.15, -0.1) is 0 Å². The molecule has 0 aromatic heterocycles. The zero-order chi connectivity index (χ0) is 21.4. The Morgan fingerprint density at radius 2 is 1.76 bits per heavy atom. The number of phenolic OH excluding ortho intramolecular Hbond substituents is 1. The molecule has 2 aromatic rings. The van der Waals surface area contributed by atoms with Gasteiger partial charge >= 0.3 is 5.97 Å². The van der Waals surface area contributed by atoms with E-state index in [1.807, 2.05) is 6.92 Å². The van der Waals surface area contributed by atoms with E-state index in [2.05, 4.69) is 5.32 Å². The number of carbonyl (C=O) groups excluding carboxylic acids is 2. The smallest absolute Gasteiger partial charge is 0.342 e. The summed E-state index contributed by atoms with van der Waals surface area (Å²) in [5.41, 5.74) is 0.325. The van der Waals surface area contributed by atoms with Crippen molar-refractivity contribution in [2.75, 3.05) is 25.5 Å². The lowest BCUT2D eigenvalue weighted by atomic mass is 10.2. The molecule has 29 heavy (non-hydrogen) atoms. The summed E-state index contributed by atoms with van der Waals surface area (Å²) in [6.07, 6.45) is 1.66. The number of hydrogen-bond acceptors (Lipinski definition) is 6. The van der Waals surface area contributed by atoms with Crippen molar-refractivity contribution in [1.29, 1.82) is 0 Å². The molecule has 0 fully saturated rings. The van der Waals surface area contributed by atoms with Crippen LogP contribution in [-0.2, 0) is 19.6 Å². The van der Waals surface area contributed by atoms with Crippen molar-refractivity contribution in [2.45, 2.75) is 24.7 Å². The second-order valence-corrected chi connectivity index (χ2v) is 8.39. The maximum absolute atomic E-state index is 12.5. The molecule has 0 aliphatic rings. The number of benzene rings is 2. The SMILES string of the molecule is CCCCN(C)S(=O)(=O)c1ccc(NC(=O)COC(=O)c2ccccc2O)cc1. The van der Waals surface area contributed by atoms with Gasteiger partial charge in [-0.05, 0) is 42.8 Å². The van der Waals surface area contributed by atoms with Crippen LogP contribution in [0.3, 0.4) is 0 Å². The minimum Gasteiger partial charge on any atom is -0.507 e. The van der Waals surface area contributed by atoms with Gasteiger partial charge in [0.1, 0.15) is 11.3 Å². The fraction of sp³-hybridized carbons (Fsp3) is 0.300. The average Bonchev–Trinajstić information content (AvgIpc) is 2.71. The maximum atomic E-state index is 12.5. The summed E-state index contributed by atoms with van der Waals surface area (Å²) in [6, 6.07) is 11.6. The van der Waals surface area contributed by atoms with Crippen molar-refractivity contribution in [3.05, 3.63) is 54.1 Å². The molecule has 0 saturated heterocycles. The molecule has 0 spiro atoms. The summed E-state index contributed by atoms with van der Waals surface area (Å²) in [6.45, 7) is 1.87. The number of carbonyl (C=O) groups is 2. The van der Waals surface area contributed by atoms with Crippen molar-refractivity contribution in [2.24, 2.45) is 0 Å². The number of aromatic hydroxyl groups is 1. The second-order valence-electron chi connectivity index (χ2n) is 6.35. The van der Waals surface area contributed by atoms with E-state index in [1.54, 1.807) is 12.1 Å². The van der Waals surface area contributed by atoms with Gasteiger partial charge < -0.3 is 15.2 Å². The second kappa shape index (κ2) is 10.0. The summed E-state index contributed by atoms with van der Waals surface area (Å²) in [4.78, 5) is 24.0. The molecule has 8 nitrogen and oxygen atoms in total. The number of para-hydroxylation sites is 1. The van der Waals surface area contributed by atoms with Crippen molar-refractivity contribution in [3.63, 3.8) is 0 Å². The number of nitrogens with zero attached hydrogens (tertiary/aromatic N) is 1. The Labute approximate surface area is 170 Å². The Morgan fingerprint density at radius 1 is 1.10 bits per heavy atom. The lowest BCUT2D eigenvalue weighted by Crippen LogP contribution is -2.28. The Kier molecular flexibility index (Phi) is 7.74. The zero-order valence-electron chi connectivity index (χ0n) is 16.3. The molecule has 2 aromatic carbocycles. The Morgan fingerprint density at radius 3 is 2.38 bits per heavy atom. The fourth-order valence-electron chi connectivity index (χ4n) is 2.44. The van der Waals surface area contributed by atoms with Gasteiger partial charge in [-0.2, -0.15) is 0 Å². The minimum absolute atomic E-state index is 0.0398. The maximum Gasteiger partial charge on any atom is 0.342 e. The molecule has 2 rings (SSSR count). The fourth-order valence-corrected chi connectivity index (χ4v) is 3.65. The molecule has 0 unspecified atom stereocenters. The van der Waals surface area contributed by atoms with E-state index in [9.17, 15) is 23.1 Å². The van der Waals surface area contributed by atoms with Crippen molar-refractivity contribution in [3.8, 4) is 5.75 Å². The summed E-state index contributed by atoms with van der Waals surface area (Å²) in [5.74, 6) is -1.65. The van der Waals surface area contributed by atoms with E-state index < -0.39 is 28.5 Å². The molecule has 1 amide bonds. The number of anilines is 1. The first-order chi connectivity index (χ1) is 13.8. The monoisotopic (exact) mass is 420 g/mol. The molecule has 0 heterocycles. The summed E-state index contributed by atoms with van der Waals surface area (Å²) >= 11 is 0. The van der Waals surface area contributed by atoms with Crippen molar-refractivity contribution >= 4 is 27.6 Å². The van der Waals surface area contributed by atoms with Crippen LogP contribution < -0.4 is 5.32 Å². The molecule has 0 aliphatic carbocycles. The van der Waals surface area contributed by atoms with Crippen LogP contribution in [0, 0.1) is 0 Å². The number of sulfonamides is 1.